The molecule has 2 nitrogen and oxygen atoms in total. The fourth-order valence-corrected chi connectivity index (χ4v) is 6.21. The van der Waals surface area contributed by atoms with Crippen molar-refractivity contribution in [3.8, 4) is 0 Å². The van der Waals surface area contributed by atoms with Gasteiger partial charge in [0.25, 0.3) is 0 Å². The van der Waals surface area contributed by atoms with E-state index in [1.165, 1.54) is 88.6 Å². The van der Waals surface area contributed by atoms with Crippen LogP contribution in [0.1, 0.15) is 64.5 Å². The van der Waals surface area contributed by atoms with Gasteiger partial charge in [0.1, 0.15) is 6.17 Å². The summed E-state index contributed by atoms with van der Waals surface area (Å²) in [6.07, 6.45) is 10.6. The van der Waals surface area contributed by atoms with Crippen molar-refractivity contribution in [2.45, 2.75) is 64.5 Å². The van der Waals surface area contributed by atoms with E-state index in [1.54, 1.807) is 0 Å². The molecule has 0 N–H and O–H groups in total. The molecule has 0 spiro atoms. The highest BCUT2D eigenvalue weighted by atomic mass is 15.2. The lowest BCUT2D eigenvalue weighted by Crippen LogP contribution is -2.18. The van der Waals surface area contributed by atoms with Gasteiger partial charge in [0.15, 0.2) is 0 Å². The smallest absolute Gasteiger partial charge is 0.111 e. The number of hydrogen-bond acceptors (Lipinski definition) is 0. The number of para-hydroxylation sites is 4. The van der Waals surface area contributed by atoms with Gasteiger partial charge in [-0.25, -0.2) is 0 Å². The van der Waals surface area contributed by atoms with Crippen molar-refractivity contribution < 1.29 is 0 Å². The molecule has 182 valence electrons. The monoisotopic (exact) mass is 472 g/mol. The molecule has 0 fully saturated rings. The minimum atomic E-state index is 0.218. The summed E-state index contributed by atoms with van der Waals surface area (Å²) in [6.45, 7) is 2.29. The number of benzene rings is 4. The lowest BCUT2D eigenvalue weighted by Gasteiger charge is -2.25. The molecule has 6 rings (SSSR count). The third kappa shape index (κ3) is 3.99. The molecule has 0 aliphatic heterocycles. The van der Waals surface area contributed by atoms with Crippen LogP contribution in [0.2, 0.25) is 0 Å². The topological polar surface area (TPSA) is 9.86 Å². The first-order chi connectivity index (χ1) is 17.9. The zero-order chi connectivity index (χ0) is 24.3. The van der Waals surface area contributed by atoms with Gasteiger partial charge in [-0.3, -0.25) is 0 Å². The quantitative estimate of drug-likeness (QED) is 0.176. The minimum absolute atomic E-state index is 0.218. The molecule has 2 heterocycles. The molecule has 6 aromatic rings. The molecule has 0 amide bonds. The van der Waals surface area contributed by atoms with Gasteiger partial charge in [-0.2, -0.15) is 0 Å². The molecular weight excluding hydrogens is 436 g/mol. The van der Waals surface area contributed by atoms with Gasteiger partial charge in [-0.1, -0.05) is 118 Å². The Morgan fingerprint density at radius 1 is 0.444 bits per heavy atom. The van der Waals surface area contributed by atoms with Crippen molar-refractivity contribution in [2.24, 2.45) is 0 Å². The SMILES string of the molecule is CCCCCCCCCC(n1c2ccccc2c2ccccc21)n1c2ccccc2c2ccccc21. The molecule has 0 aliphatic rings. The highest BCUT2D eigenvalue weighted by Gasteiger charge is 2.23. The first kappa shape index (κ1) is 22.9. The first-order valence-electron chi connectivity index (χ1n) is 13.8. The van der Waals surface area contributed by atoms with Crippen LogP contribution in [0.4, 0.5) is 0 Å². The Morgan fingerprint density at radius 2 is 0.778 bits per heavy atom. The summed E-state index contributed by atoms with van der Waals surface area (Å²) in [7, 11) is 0. The van der Waals surface area contributed by atoms with Gasteiger partial charge in [0.2, 0.25) is 0 Å². The molecule has 0 unspecified atom stereocenters. The van der Waals surface area contributed by atoms with Crippen LogP contribution < -0.4 is 0 Å². The molecule has 0 saturated heterocycles. The van der Waals surface area contributed by atoms with Crippen LogP contribution in [0, 0.1) is 0 Å². The zero-order valence-corrected chi connectivity index (χ0v) is 21.4. The van der Waals surface area contributed by atoms with Crippen LogP contribution in [0.5, 0.6) is 0 Å². The maximum Gasteiger partial charge on any atom is 0.111 e. The summed E-state index contributed by atoms with van der Waals surface area (Å²) in [6, 6.07) is 35.8. The van der Waals surface area contributed by atoms with Crippen LogP contribution in [-0.2, 0) is 0 Å². The van der Waals surface area contributed by atoms with E-state index in [0.29, 0.717) is 0 Å². The lowest BCUT2D eigenvalue weighted by atomic mass is 10.1. The van der Waals surface area contributed by atoms with Crippen LogP contribution in [-0.4, -0.2) is 9.13 Å². The second kappa shape index (κ2) is 10.2. The Kier molecular flexibility index (Phi) is 6.51. The summed E-state index contributed by atoms with van der Waals surface area (Å²) in [5.74, 6) is 0. The number of fused-ring (bicyclic) bond motifs is 6. The Labute approximate surface area is 214 Å². The van der Waals surface area contributed by atoms with E-state index in [2.05, 4.69) is 113 Å². The second-order valence-corrected chi connectivity index (χ2v) is 10.2. The van der Waals surface area contributed by atoms with E-state index >= 15 is 0 Å². The molecule has 2 heteroatoms. The molecule has 0 aliphatic carbocycles. The van der Waals surface area contributed by atoms with E-state index in [1.807, 2.05) is 0 Å². The molecule has 4 aromatic carbocycles. The van der Waals surface area contributed by atoms with Crippen molar-refractivity contribution in [3.63, 3.8) is 0 Å². The summed E-state index contributed by atoms with van der Waals surface area (Å²) in [4.78, 5) is 0. The van der Waals surface area contributed by atoms with E-state index in [0.717, 1.165) is 6.42 Å². The fraction of sp³-hybridized carbons (Fsp3) is 0.294. The number of rotatable bonds is 10. The average Bonchev–Trinajstić information content (AvgIpc) is 3.44. The molecule has 0 saturated carbocycles. The second-order valence-electron chi connectivity index (χ2n) is 10.2. The van der Waals surface area contributed by atoms with E-state index in [9.17, 15) is 0 Å². The Bertz CT molecular complexity index is 1400. The summed E-state index contributed by atoms with van der Waals surface area (Å²) < 4.78 is 5.25. The number of unbranched alkanes of at least 4 members (excludes halogenated alkanes) is 6. The van der Waals surface area contributed by atoms with E-state index in [-0.39, 0.29) is 6.17 Å². The lowest BCUT2D eigenvalue weighted by molar-refractivity contribution is 0.418. The third-order valence-electron chi connectivity index (χ3n) is 7.90. The summed E-state index contributed by atoms with van der Waals surface area (Å²) in [5.41, 5.74) is 5.31. The van der Waals surface area contributed by atoms with E-state index < -0.39 is 0 Å². The van der Waals surface area contributed by atoms with Crippen molar-refractivity contribution in [2.75, 3.05) is 0 Å². The van der Waals surface area contributed by atoms with Crippen LogP contribution in [0.15, 0.2) is 97.1 Å². The van der Waals surface area contributed by atoms with Crippen molar-refractivity contribution in [3.05, 3.63) is 97.1 Å². The minimum Gasteiger partial charge on any atom is -0.319 e. The fourth-order valence-electron chi connectivity index (χ4n) is 6.21. The van der Waals surface area contributed by atoms with Crippen molar-refractivity contribution in [1.82, 2.24) is 9.13 Å². The molecular formula is C34H36N2. The van der Waals surface area contributed by atoms with Crippen molar-refractivity contribution >= 4 is 43.6 Å². The molecule has 0 radical (unpaired) electrons. The first-order valence-corrected chi connectivity index (χ1v) is 13.8. The molecule has 2 aromatic heterocycles. The van der Waals surface area contributed by atoms with Crippen molar-refractivity contribution in [1.29, 1.82) is 0 Å². The van der Waals surface area contributed by atoms with Crippen LogP contribution in [0.3, 0.4) is 0 Å². The highest BCUT2D eigenvalue weighted by Crippen LogP contribution is 2.39. The Balaban J connectivity index is 1.51. The number of nitrogens with zero attached hydrogens (tertiary/aromatic N) is 2. The number of hydrogen-bond donors (Lipinski definition) is 0. The van der Waals surface area contributed by atoms with Crippen LogP contribution in [0.25, 0.3) is 43.6 Å². The zero-order valence-electron chi connectivity index (χ0n) is 21.4. The summed E-state index contributed by atoms with van der Waals surface area (Å²) in [5, 5.41) is 5.38. The maximum absolute atomic E-state index is 2.63. The van der Waals surface area contributed by atoms with Gasteiger partial charge in [-0.15, -0.1) is 0 Å². The third-order valence-corrected chi connectivity index (χ3v) is 7.90. The maximum atomic E-state index is 2.63. The van der Waals surface area contributed by atoms with Gasteiger partial charge in [0.05, 0.1) is 22.1 Å². The van der Waals surface area contributed by atoms with E-state index in [4.69, 9.17) is 0 Å². The molecule has 36 heavy (non-hydrogen) atoms. The Morgan fingerprint density at radius 3 is 1.17 bits per heavy atom. The summed E-state index contributed by atoms with van der Waals surface area (Å²) >= 11 is 0. The normalized spacial score (nSPS) is 12.1. The standard InChI is InChI=1S/C34H36N2/c1-2-3-4-5-6-7-8-25-34(35-30-21-13-9-17-26(30)27-18-10-14-22-31(27)35)36-32-23-15-11-19-28(32)29-20-12-16-24-33(29)36/h9-24,34H,2-8,25H2,1H3. The van der Waals surface area contributed by atoms with Gasteiger partial charge in [-0.05, 0) is 37.1 Å². The Hall–Kier alpha value is -3.52. The molecule has 0 bridgehead atoms. The van der Waals surface area contributed by atoms with Gasteiger partial charge < -0.3 is 9.13 Å². The number of aromatic nitrogens is 2. The predicted molar refractivity (Wildman–Crippen MR) is 156 cm³/mol. The molecule has 0 atom stereocenters. The predicted octanol–water partition coefficient (Wildman–Crippen LogP) is 10.1. The van der Waals surface area contributed by atoms with Gasteiger partial charge >= 0.3 is 0 Å². The van der Waals surface area contributed by atoms with Gasteiger partial charge in [0, 0.05) is 21.5 Å². The largest absolute Gasteiger partial charge is 0.319 e. The highest BCUT2D eigenvalue weighted by molar-refractivity contribution is 6.10. The van der Waals surface area contributed by atoms with Crippen LogP contribution >= 0.6 is 0 Å². The average molecular weight is 473 g/mol.